The first kappa shape index (κ1) is 18.8. The largest absolute Gasteiger partial charge is 0.454 e. The molecular weight excluding hydrogens is 352 g/mol. The van der Waals surface area contributed by atoms with Gasteiger partial charge in [-0.1, -0.05) is 0 Å². The van der Waals surface area contributed by atoms with E-state index in [-0.39, 0.29) is 12.5 Å². The normalized spacial score (nSPS) is 14.6. The third-order valence-electron chi connectivity index (χ3n) is 4.41. The van der Waals surface area contributed by atoms with Crippen LogP contribution >= 0.6 is 0 Å². The summed E-state index contributed by atoms with van der Waals surface area (Å²) in [4.78, 5) is 27.7. The predicted octanol–water partition coefficient (Wildman–Crippen LogP) is 2.60. The van der Waals surface area contributed by atoms with Gasteiger partial charge < -0.3 is 29.6 Å². The van der Waals surface area contributed by atoms with Crippen molar-refractivity contribution in [2.45, 2.75) is 39.9 Å². The molecule has 27 heavy (non-hydrogen) atoms. The molecule has 2 aromatic rings. The summed E-state index contributed by atoms with van der Waals surface area (Å²) in [6.45, 7) is 6.74. The van der Waals surface area contributed by atoms with E-state index < -0.39 is 24.1 Å². The number of aryl methyl sites for hydroxylation is 1. The summed E-state index contributed by atoms with van der Waals surface area (Å²) in [6, 6.07) is 5.01. The van der Waals surface area contributed by atoms with Gasteiger partial charge in [0.05, 0.1) is 6.10 Å². The number of anilines is 1. The Morgan fingerprint density at radius 3 is 2.59 bits per heavy atom. The van der Waals surface area contributed by atoms with Crippen LogP contribution in [0.5, 0.6) is 11.5 Å². The Morgan fingerprint density at radius 1 is 1.22 bits per heavy atom. The number of nitrogens with one attached hydrogen (secondary N) is 2. The van der Waals surface area contributed by atoms with Crippen molar-refractivity contribution < 1.29 is 28.9 Å². The SMILES string of the molecule is Cc1[nH]c(C(=O)O[C@@H](C)C(=O)Nc2ccc3c(c2)OCO3)c(C)c1[C@H](C)O. The number of carbonyl (C=O) groups is 2. The Bertz CT molecular complexity index is 887. The van der Waals surface area contributed by atoms with Crippen molar-refractivity contribution in [3.05, 3.63) is 40.7 Å². The fourth-order valence-electron chi connectivity index (χ4n) is 3.09. The highest BCUT2D eigenvalue weighted by Gasteiger charge is 2.25. The molecule has 1 amide bonds. The molecule has 1 aromatic heterocycles. The minimum atomic E-state index is -1.01. The van der Waals surface area contributed by atoms with Crippen LogP contribution in [0.4, 0.5) is 5.69 Å². The van der Waals surface area contributed by atoms with Crippen molar-refractivity contribution >= 4 is 17.6 Å². The summed E-state index contributed by atoms with van der Waals surface area (Å²) in [5.74, 6) is 0.0225. The summed E-state index contributed by atoms with van der Waals surface area (Å²) in [5.41, 5.74) is 2.68. The average Bonchev–Trinajstić information content (AvgIpc) is 3.18. The molecule has 2 heterocycles. The van der Waals surface area contributed by atoms with Gasteiger partial charge >= 0.3 is 5.97 Å². The topological polar surface area (TPSA) is 110 Å². The third-order valence-corrected chi connectivity index (χ3v) is 4.41. The summed E-state index contributed by atoms with van der Waals surface area (Å²) in [5, 5.41) is 12.5. The number of ether oxygens (including phenoxy) is 3. The monoisotopic (exact) mass is 374 g/mol. The number of fused-ring (bicyclic) bond motifs is 1. The van der Waals surface area contributed by atoms with Crippen LogP contribution in [0, 0.1) is 13.8 Å². The molecule has 0 saturated carbocycles. The fourth-order valence-corrected chi connectivity index (χ4v) is 3.09. The van der Waals surface area contributed by atoms with Crippen LogP contribution < -0.4 is 14.8 Å². The number of benzene rings is 1. The first-order chi connectivity index (χ1) is 12.8. The van der Waals surface area contributed by atoms with E-state index in [1.54, 1.807) is 39.0 Å². The molecule has 0 radical (unpaired) electrons. The van der Waals surface area contributed by atoms with Crippen LogP contribution in [-0.4, -0.2) is 34.9 Å². The van der Waals surface area contributed by atoms with E-state index in [0.29, 0.717) is 34.0 Å². The van der Waals surface area contributed by atoms with E-state index in [2.05, 4.69) is 10.3 Å². The lowest BCUT2D eigenvalue weighted by atomic mass is 10.1. The van der Waals surface area contributed by atoms with E-state index in [4.69, 9.17) is 14.2 Å². The molecule has 1 aliphatic heterocycles. The highest BCUT2D eigenvalue weighted by atomic mass is 16.7. The molecule has 8 heteroatoms. The number of hydrogen-bond acceptors (Lipinski definition) is 6. The van der Waals surface area contributed by atoms with Crippen LogP contribution in [-0.2, 0) is 9.53 Å². The Labute approximate surface area is 156 Å². The van der Waals surface area contributed by atoms with Gasteiger partial charge in [0.1, 0.15) is 5.69 Å². The Morgan fingerprint density at radius 2 is 1.93 bits per heavy atom. The van der Waals surface area contributed by atoms with Crippen LogP contribution in [0.2, 0.25) is 0 Å². The molecule has 3 rings (SSSR count). The van der Waals surface area contributed by atoms with Gasteiger partial charge in [0, 0.05) is 23.0 Å². The van der Waals surface area contributed by atoms with Crippen LogP contribution in [0.15, 0.2) is 18.2 Å². The van der Waals surface area contributed by atoms with Gasteiger partial charge in [0.2, 0.25) is 6.79 Å². The van der Waals surface area contributed by atoms with Gasteiger partial charge in [-0.2, -0.15) is 0 Å². The maximum Gasteiger partial charge on any atom is 0.355 e. The maximum atomic E-state index is 12.4. The molecule has 0 fully saturated rings. The number of hydrogen-bond donors (Lipinski definition) is 3. The quantitative estimate of drug-likeness (QED) is 0.694. The van der Waals surface area contributed by atoms with Gasteiger partial charge in [-0.25, -0.2) is 4.79 Å². The average molecular weight is 374 g/mol. The Balaban J connectivity index is 1.66. The van der Waals surface area contributed by atoms with E-state index >= 15 is 0 Å². The van der Waals surface area contributed by atoms with Gasteiger partial charge in [-0.05, 0) is 45.4 Å². The zero-order chi connectivity index (χ0) is 19.7. The van der Waals surface area contributed by atoms with Crippen molar-refractivity contribution in [3.8, 4) is 11.5 Å². The molecular formula is C19H22N2O6. The van der Waals surface area contributed by atoms with Crippen LogP contribution in [0.25, 0.3) is 0 Å². The fraction of sp³-hybridized carbons (Fsp3) is 0.368. The van der Waals surface area contributed by atoms with Crippen molar-refractivity contribution in [2.75, 3.05) is 12.1 Å². The standard InChI is InChI=1S/C19H22N2O6/c1-9-16(11(3)22)10(2)20-17(9)19(24)27-12(4)18(23)21-13-5-6-14-15(7-13)26-8-25-14/h5-7,11-12,20,22H,8H2,1-4H3,(H,21,23)/t11-,12-/m0/s1. The van der Waals surface area contributed by atoms with Gasteiger partial charge in [0.25, 0.3) is 5.91 Å². The zero-order valence-electron chi connectivity index (χ0n) is 15.6. The molecule has 2 atom stereocenters. The van der Waals surface area contributed by atoms with Gasteiger partial charge in [-0.3, -0.25) is 4.79 Å². The lowest BCUT2D eigenvalue weighted by Gasteiger charge is -2.14. The summed E-state index contributed by atoms with van der Waals surface area (Å²) in [6.07, 6.45) is -1.73. The molecule has 0 unspecified atom stereocenters. The number of amides is 1. The Kier molecular flexibility index (Phi) is 5.09. The number of aliphatic hydroxyl groups excluding tert-OH is 1. The van der Waals surface area contributed by atoms with Crippen molar-refractivity contribution in [3.63, 3.8) is 0 Å². The lowest BCUT2D eigenvalue weighted by molar-refractivity contribution is -0.123. The van der Waals surface area contributed by atoms with E-state index in [9.17, 15) is 14.7 Å². The van der Waals surface area contributed by atoms with E-state index in [1.165, 1.54) is 6.92 Å². The molecule has 3 N–H and O–H groups in total. The van der Waals surface area contributed by atoms with E-state index in [1.807, 2.05) is 0 Å². The number of H-pyrrole nitrogens is 1. The summed E-state index contributed by atoms with van der Waals surface area (Å²) in [7, 11) is 0. The van der Waals surface area contributed by atoms with Crippen LogP contribution in [0.1, 0.15) is 47.3 Å². The van der Waals surface area contributed by atoms with Crippen molar-refractivity contribution in [2.24, 2.45) is 0 Å². The minimum Gasteiger partial charge on any atom is -0.454 e. The van der Waals surface area contributed by atoms with Crippen molar-refractivity contribution in [1.82, 2.24) is 4.98 Å². The first-order valence-electron chi connectivity index (χ1n) is 8.56. The smallest absolute Gasteiger partial charge is 0.355 e. The first-order valence-corrected chi connectivity index (χ1v) is 8.56. The highest BCUT2D eigenvalue weighted by Crippen LogP contribution is 2.34. The number of rotatable bonds is 5. The summed E-state index contributed by atoms with van der Waals surface area (Å²) >= 11 is 0. The summed E-state index contributed by atoms with van der Waals surface area (Å²) < 4.78 is 15.8. The predicted molar refractivity (Wildman–Crippen MR) is 97.0 cm³/mol. The number of aromatic nitrogens is 1. The lowest BCUT2D eigenvalue weighted by Crippen LogP contribution is -2.30. The number of esters is 1. The van der Waals surface area contributed by atoms with Crippen LogP contribution in [0.3, 0.4) is 0 Å². The zero-order valence-corrected chi connectivity index (χ0v) is 15.6. The highest BCUT2D eigenvalue weighted by molar-refractivity contribution is 5.97. The molecule has 0 aliphatic carbocycles. The molecule has 8 nitrogen and oxygen atoms in total. The molecule has 0 bridgehead atoms. The Hall–Kier alpha value is -3.00. The molecule has 144 valence electrons. The van der Waals surface area contributed by atoms with Gasteiger partial charge in [0.15, 0.2) is 17.6 Å². The number of aliphatic hydroxyl groups is 1. The molecule has 0 saturated heterocycles. The molecule has 1 aliphatic rings. The number of carbonyl (C=O) groups excluding carboxylic acids is 2. The number of aromatic amines is 1. The third kappa shape index (κ3) is 3.75. The second kappa shape index (κ2) is 7.32. The van der Waals surface area contributed by atoms with Gasteiger partial charge in [-0.15, -0.1) is 0 Å². The molecule has 1 aromatic carbocycles. The maximum absolute atomic E-state index is 12.4. The molecule has 0 spiro atoms. The van der Waals surface area contributed by atoms with Crippen molar-refractivity contribution in [1.29, 1.82) is 0 Å². The van der Waals surface area contributed by atoms with E-state index in [0.717, 1.165) is 0 Å². The minimum absolute atomic E-state index is 0.143. The second-order valence-electron chi connectivity index (χ2n) is 6.44. The second-order valence-corrected chi connectivity index (χ2v) is 6.44.